The van der Waals surface area contributed by atoms with E-state index >= 15 is 0 Å². The number of rotatable bonds is 3. The Balaban J connectivity index is 2.35. The van der Waals surface area contributed by atoms with Crippen molar-refractivity contribution in [2.45, 2.75) is 26.4 Å². The minimum Gasteiger partial charge on any atom is -0.329 e. The van der Waals surface area contributed by atoms with E-state index in [9.17, 15) is 0 Å². The molecule has 1 unspecified atom stereocenters. The molecule has 1 aliphatic heterocycles. The molecule has 94 valence electrons. The van der Waals surface area contributed by atoms with Crippen LogP contribution in [0.2, 0.25) is 10.0 Å². The van der Waals surface area contributed by atoms with Crippen molar-refractivity contribution < 1.29 is 0 Å². The lowest BCUT2D eigenvalue weighted by Crippen LogP contribution is -2.31. The summed E-state index contributed by atoms with van der Waals surface area (Å²) >= 11 is 12.3. The van der Waals surface area contributed by atoms with E-state index in [0.717, 1.165) is 18.1 Å². The van der Waals surface area contributed by atoms with Crippen molar-refractivity contribution in [2.75, 3.05) is 13.1 Å². The lowest BCUT2D eigenvalue weighted by molar-refractivity contribution is 0.195. The average Bonchev–Trinajstić information content (AvgIpc) is 2.53. The monoisotopic (exact) mass is 272 g/mol. The van der Waals surface area contributed by atoms with Crippen LogP contribution in [0.5, 0.6) is 0 Å². The van der Waals surface area contributed by atoms with Crippen molar-refractivity contribution in [3.05, 3.63) is 33.3 Å². The summed E-state index contributed by atoms with van der Waals surface area (Å²) in [6.07, 6.45) is 0. The van der Waals surface area contributed by atoms with Gasteiger partial charge in [-0.2, -0.15) is 0 Å². The molecule has 17 heavy (non-hydrogen) atoms. The Morgan fingerprint density at radius 1 is 1.41 bits per heavy atom. The van der Waals surface area contributed by atoms with E-state index in [4.69, 9.17) is 28.9 Å². The largest absolute Gasteiger partial charge is 0.329 e. The fourth-order valence-corrected chi connectivity index (χ4v) is 3.24. The van der Waals surface area contributed by atoms with Crippen LogP contribution in [0, 0.1) is 5.92 Å². The van der Waals surface area contributed by atoms with Crippen LogP contribution in [0.3, 0.4) is 0 Å². The molecule has 0 amide bonds. The van der Waals surface area contributed by atoms with E-state index < -0.39 is 0 Å². The fourth-order valence-electron chi connectivity index (χ4n) is 2.58. The Kier molecular flexibility index (Phi) is 3.99. The first-order chi connectivity index (χ1) is 8.02. The average molecular weight is 273 g/mol. The van der Waals surface area contributed by atoms with Crippen LogP contribution in [0.4, 0.5) is 0 Å². The van der Waals surface area contributed by atoms with E-state index in [1.54, 1.807) is 0 Å². The van der Waals surface area contributed by atoms with Gasteiger partial charge in [0.2, 0.25) is 0 Å². The number of hydrogen-bond donors (Lipinski definition) is 1. The number of nitrogens with zero attached hydrogens (tertiary/aromatic N) is 1. The first kappa shape index (κ1) is 13.2. The molecule has 0 radical (unpaired) electrons. The third-order valence-corrected chi connectivity index (χ3v) is 3.68. The van der Waals surface area contributed by atoms with Crippen molar-refractivity contribution in [2.24, 2.45) is 11.7 Å². The Morgan fingerprint density at radius 3 is 2.71 bits per heavy atom. The molecular weight excluding hydrogens is 255 g/mol. The zero-order chi connectivity index (χ0) is 12.6. The highest BCUT2D eigenvalue weighted by molar-refractivity contribution is 6.35. The molecule has 2 nitrogen and oxygen atoms in total. The molecule has 0 saturated carbocycles. The van der Waals surface area contributed by atoms with Gasteiger partial charge in [-0.1, -0.05) is 37.0 Å². The van der Waals surface area contributed by atoms with Crippen molar-refractivity contribution in [3.63, 3.8) is 0 Å². The van der Waals surface area contributed by atoms with Gasteiger partial charge in [0.15, 0.2) is 0 Å². The zero-order valence-electron chi connectivity index (χ0n) is 10.2. The van der Waals surface area contributed by atoms with Crippen LogP contribution in [0.25, 0.3) is 0 Å². The molecule has 0 saturated heterocycles. The topological polar surface area (TPSA) is 29.3 Å². The molecule has 0 spiro atoms. The number of hydrogen-bond acceptors (Lipinski definition) is 2. The van der Waals surface area contributed by atoms with Gasteiger partial charge >= 0.3 is 0 Å². The first-order valence-electron chi connectivity index (χ1n) is 5.94. The maximum Gasteiger partial charge on any atom is 0.0492 e. The lowest BCUT2D eigenvalue weighted by atomic mass is 10.0. The van der Waals surface area contributed by atoms with Gasteiger partial charge in [0.05, 0.1) is 0 Å². The summed E-state index contributed by atoms with van der Waals surface area (Å²) in [5.41, 5.74) is 8.28. The van der Waals surface area contributed by atoms with Gasteiger partial charge in [0, 0.05) is 35.7 Å². The molecule has 0 aliphatic carbocycles. The van der Waals surface area contributed by atoms with Gasteiger partial charge in [0.1, 0.15) is 0 Å². The molecule has 2 rings (SSSR count). The minimum atomic E-state index is 0.233. The Bertz CT molecular complexity index is 418. The lowest BCUT2D eigenvalue weighted by Gasteiger charge is -2.25. The van der Waals surface area contributed by atoms with Crippen molar-refractivity contribution in [3.8, 4) is 0 Å². The van der Waals surface area contributed by atoms with Gasteiger partial charge in [0.25, 0.3) is 0 Å². The Morgan fingerprint density at radius 2 is 2.12 bits per heavy atom. The van der Waals surface area contributed by atoms with Gasteiger partial charge in [-0.05, 0) is 29.2 Å². The van der Waals surface area contributed by atoms with Crippen LogP contribution in [0.15, 0.2) is 12.1 Å². The van der Waals surface area contributed by atoms with E-state index in [0.29, 0.717) is 17.5 Å². The smallest absolute Gasteiger partial charge is 0.0492 e. The molecule has 1 aliphatic rings. The van der Waals surface area contributed by atoms with Gasteiger partial charge in [-0.15, -0.1) is 0 Å². The summed E-state index contributed by atoms with van der Waals surface area (Å²) in [5, 5.41) is 1.45. The predicted octanol–water partition coefficient (Wildman–Crippen LogP) is 3.46. The minimum absolute atomic E-state index is 0.233. The van der Waals surface area contributed by atoms with Crippen LogP contribution in [-0.4, -0.2) is 18.0 Å². The van der Waals surface area contributed by atoms with Crippen LogP contribution in [-0.2, 0) is 6.54 Å². The zero-order valence-corrected chi connectivity index (χ0v) is 11.7. The Hall–Kier alpha value is -0.280. The second-order valence-corrected chi connectivity index (χ2v) is 5.88. The number of fused-ring (bicyclic) bond motifs is 1. The number of halogens is 2. The summed E-state index contributed by atoms with van der Waals surface area (Å²) < 4.78 is 0. The summed E-state index contributed by atoms with van der Waals surface area (Å²) in [6, 6.07) is 4.05. The second kappa shape index (κ2) is 5.15. The van der Waals surface area contributed by atoms with Crippen molar-refractivity contribution >= 4 is 23.2 Å². The number of benzene rings is 1. The number of nitrogens with two attached hydrogens (primary N) is 1. The highest BCUT2D eigenvalue weighted by Gasteiger charge is 2.31. The highest BCUT2D eigenvalue weighted by Crippen LogP contribution is 2.39. The molecule has 0 bridgehead atoms. The molecule has 1 aromatic rings. The molecule has 0 fully saturated rings. The third-order valence-electron chi connectivity index (χ3n) is 3.15. The summed E-state index contributed by atoms with van der Waals surface area (Å²) in [5.74, 6) is 0.618. The quantitative estimate of drug-likeness (QED) is 0.913. The summed E-state index contributed by atoms with van der Waals surface area (Å²) in [6.45, 7) is 6.96. The van der Waals surface area contributed by atoms with Crippen LogP contribution in [0.1, 0.15) is 31.0 Å². The normalized spacial score (nSPS) is 20.0. The molecule has 1 aromatic carbocycles. The summed E-state index contributed by atoms with van der Waals surface area (Å²) in [7, 11) is 0. The maximum absolute atomic E-state index is 6.28. The second-order valence-electron chi connectivity index (χ2n) is 5.04. The SMILES string of the molecule is CC(C)CN1Cc2cc(Cl)cc(Cl)c2C1CN. The third kappa shape index (κ3) is 2.60. The molecule has 2 N–H and O–H groups in total. The molecule has 1 atom stereocenters. The summed E-state index contributed by atoms with van der Waals surface area (Å²) in [4.78, 5) is 2.39. The standard InChI is InChI=1S/C13H18Cl2N2/c1-8(2)6-17-7-9-3-10(14)4-11(15)13(9)12(17)5-16/h3-4,8,12H,5-7,16H2,1-2H3. The van der Waals surface area contributed by atoms with E-state index in [-0.39, 0.29) is 6.04 Å². The van der Waals surface area contributed by atoms with E-state index in [2.05, 4.69) is 18.7 Å². The van der Waals surface area contributed by atoms with Crippen molar-refractivity contribution in [1.82, 2.24) is 4.90 Å². The molecule has 1 heterocycles. The highest BCUT2D eigenvalue weighted by atomic mass is 35.5. The first-order valence-corrected chi connectivity index (χ1v) is 6.70. The molecule has 0 aromatic heterocycles. The maximum atomic E-state index is 6.28. The van der Waals surface area contributed by atoms with Gasteiger partial charge < -0.3 is 5.73 Å². The van der Waals surface area contributed by atoms with E-state index in [1.807, 2.05) is 12.1 Å². The predicted molar refractivity (Wildman–Crippen MR) is 73.5 cm³/mol. The van der Waals surface area contributed by atoms with Gasteiger partial charge in [-0.3, -0.25) is 4.90 Å². The Labute approximate surface area is 113 Å². The molecule has 4 heteroatoms. The molecular formula is C13H18Cl2N2. The fraction of sp³-hybridized carbons (Fsp3) is 0.538. The van der Waals surface area contributed by atoms with Gasteiger partial charge in [-0.25, -0.2) is 0 Å². The van der Waals surface area contributed by atoms with Crippen LogP contribution < -0.4 is 5.73 Å². The van der Waals surface area contributed by atoms with Crippen LogP contribution >= 0.6 is 23.2 Å². The van der Waals surface area contributed by atoms with Crippen molar-refractivity contribution in [1.29, 1.82) is 0 Å². The van der Waals surface area contributed by atoms with E-state index in [1.165, 1.54) is 11.1 Å².